The van der Waals surface area contributed by atoms with Gasteiger partial charge in [-0.05, 0) is 26.2 Å². The summed E-state index contributed by atoms with van der Waals surface area (Å²) in [4.78, 5) is 11.2. The topological polar surface area (TPSA) is 35.5 Å². The van der Waals surface area contributed by atoms with Crippen LogP contribution in [0.15, 0.2) is 0 Å². The van der Waals surface area contributed by atoms with Crippen molar-refractivity contribution in [3.8, 4) is 0 Å². The zero-order valence-corrected chi connectivity index (χ0v) is 10.4. The summed E-state index contributed by atoms with van der Waals surface area (Å²) < 4.78 is 10.2. The molecule has 0 spiro atoms. The van der Waals surface area contributed by atoms with E-state index in [1.165, 1.54) is 0 Å². The summed E-state index contributed by atoms with van der Waals surface area (Å²) >= 11 is 5.62. The maximum Gasteiger partial charge on any atom is 0.132 e. The molecule has 0 aliphatic heterocycles. The van der Waals surface area contributed by atoms with Crippen molar-refractivity contribution < 1.29 is 14.3 Å². The van der Waals surface area contributed by atoms with E-state index < -0.39 is 0 Å². The molecule has 0 aromatic heterocycles. The first-order valence-electron chi connectivity index (χ1n) is 5.35. The van der Waals surface area contributed by atoms with Gasteiger partial charge in [0, 0.05) is 25.5 Å². The number of rotatable bonds is 10. The van der Waals surface area contributed by atoms with E-state index in [2.05, 4.69) is 0 Å². The third kappa shape index (κ3) is 8.85. The highest BCUT2D eigenvalue weighted by Gasteiger charge is 2.12. The van der Waals surface area contributed by atoms with Crippen LogP contribution < -0.4 is 0 Å². The molecule has 0 aliphatic rings. The van der Waals surface area contributed by atoms with E-state index in [0.717, 1.165) is 19.3 Å². The Bertz CT molecular complexity index is 162. The lowest BCUT2D eigenvalue weighted by atomic mass is 9.97. The summed E-state index contributed by atoms with van der Waals surface area (Å²) in [5, 5.41) is 0. The van der Waals surface area contributed by atoms with Gasteiger partial charge in [0.25, 0.3) is 0 Å². The quantitative estimate of drug-likeness (QED) is 0.431. The molecule has 4 heteroatoms. The van der Waals surface area contributed by atoms with Crippen molar-refractivity contribution in [3.63, 3.8) is 0 Å². The van der Waals surface area contributed by atoms with E-state index in [1.807, 2.05) is 0 Å². The van der Waals surface area contributed by atoms with Crippen molar-refractivity contribution in [2.24, 2.45) is 5.92 Å². The van der Waals surface area contributed by atoms with E-state index in [4.69, 9.17) is 21.1 Å². The number of alkyl halides is 1. The molecule has 15 heavy (non-hydrogen) atoms. The number of ketones is 1. The summed E-state index contributed by atoms with van der Waals surface area (Å²) in [6.45, 7) is 3.56. The molecule has 0 N–H and O–H groups in total. The molecular weight excluding hydrogens is 216 g/mol. The van der Waals surface area contributed by atoms with Crippen LogP contribution in [0.2, 0.25) is 0 Å². The molecule has 3 nitrogen and oxygen atoms in total. The average molecular weight is 237 g/mol. The third-order valence-electron chi connectivity index (χ3n) is 2.31. The van der Waals surface area contributed by atoms with Crippen LogP contribution in [-0.2, 0) is 14.3 Å². The van der Waals surface area contributed by atoms with Crippen LogP contribution in [-0.4, -0.2) is 38.6 Å². The number of Topliss-reactive ketones (excluding diaryl/α,β-unsaturated/α-hetero) is 1. The summed E-state index contributed by atoms with van der Waals surface area (Å²) in [6, 6.07) is 0. The summed E-state index contributed by atoms with van der Waals surface area (Å²) in [5.74, 6) is 0.885. The molecule has 90 valence electrons. The van der Waals surface area contributed by atoms with Gasteiger partial charge < -0.3 is 9.47 Å². The number of carbonyl (C=O) groups excluding carboxylic acids is 1. The van der Waals surface area contributed by atoms with Crippen molar-refractivity contribution in [2.45, 2.75) is 26.2 Å². The monoisotopic (exact) mass is 236 g/mol. The Kier molecular flexibility index (Phi) is 10.3. The molecule has 1 atom stereocenters. The number of methoxy groups -OCH3 is 1. The fourth-order valence-electron chi connectivity index (χ4n) is 1.36. The second-order valence-corrected chi connectivity index (χ2v) is 3.91. The van der Waals surface area contributed by atoms with Crippen molar-refractivity contribution in [3.05, 3.63) is 0 Å². The van der Waals surface area contributed by atoms with Crippen LogP contribution in [0.1, 0.15) is 26.2 Å². The van der Waals surface area contributed by atoms with Gasteiger partial charge in [0.15, 0.2) is 0 Å². The minimum atomic E-state index is 0.105. The SMILES string of the molecule is COCCOCCCC(CCCl)C(C)=O. The Labute approximate surface area is 97.1 Å². The molecule has 1 unspecified atom stereocenters. The molecule has 0 fully saturated rings. The van der Waals surface area contributed by atoms with Gasteiger partial charge in [0.05, 0.1) is 13.2 Å². The maximum atomic E-state index is 11.2. The van der Waals surface area contributed by atoms with Crippen molar-refractivity contribution in [1.82, 2.24) is 0 Å². The molecule has 0 saturated carbocycles. The Balaban J connectivity index is 3.41. The van der Waals surface area contributed by atoms with E-state index in [-0.39, 0.29) is 11.7 Å². The van der Waals surface area contributed by atoms with Gasteiger partial charge >= 0.3 is 0 Å². The third-order valence-corrected chi connectivity index (χ3v) is 2.52. The molecule has 0 amide bonds. The number of hydrogen-bond donors (Lipinski definition) is 0. The second kappa shape index (κ2) is 10.4. The zero-order chi connectivity index (χ0) is 11.5. The van der Waals surface area contributed by atoms with Gasteiger partial charge in [-0.3, -0.25) is 4.79 Å². The van der Waals surface area contributed by atoms with Crippen LogP contribution in [0.5, 0.6) is 0 Å². The zero-order valence-electron chi connectivity index (χ0n) is 9.63. The lowest BCUT2D eigenvalue weighted by Gasteiger charge is -2.11. The molecule has 0 aromatic carbocycles. The highest BCUT2D eigenvalue weighted by Crippen LogP contribution is 2.13. The molecule has 0 rings (SSSR count). The van der Waals surface area contributed by atoms with Crippen LogP contribution in [0, 0.1) is 5.92 Å². The van der Waals surface area contributed by atoms with Crippen LogP contribution >= 0.6 is 11.6 Å². The molecule has 0 aromatic rings. The maximum absolute atomic E-state index is 11.2. The van der Waals surface area contributed by atoms with Gasteiger partial charge in [0.1, 0.15) is 5.78 Å². The molecule has 0 heterocycles. The van der Waals surface area contributed by atoms with Crippen molar-refractivity contribution in [1.29, 1.82) is 0 Å². The minimum Gasteiger partial charge on any atom is -0.382 e. The molecule has 0 radical (unpaired) electrons. The Morgan fingerprint density at radius 3 is 2.53 bits per heavy atom. The summed E-state index contributed by atoms with van der Waals surface area (Å²) in [5.41, 5.74) is 0. The first-order valence-corrected chi connectivity index (χ1v) is 5.89. The smallest absolute Gasteiger partial charge is 0.132 e. The van der Waals surface area contributed by atoms with Crippen LogP contribution in [0.4, 0.5) is 0 Å². The molecular formula is C11H21ClO3. The van der Waals surface area contributed by atoms with Crippen LogP contribution in [0.3, 0.4) is 0 Å². The molecule has 0 aliphatic carbocycles. The highest BCUT2D eigenvalue weighted by molar-refractivity contribution is 6.18. The highest BCUT2D eigenvalue weighted by atomic mass is 35.5. The van der Waals surface area contributed by atoms with Gasteiger partial charge in [-0.1, -0.05) is 0 Å². The fraction of sp³-hybridized carbons (Fsp3) is 0.909. The molecule has 0 saturated heterocycles. The molecule has 0 bridgehead atoms. The Morgan fingerprint density at radius 2 is 2.00 bits per heavy atom. The van der Waals surface area contributed by atoms with Gasteiger partial charge in [-0.25, -0.2) is 0 Å². The fourth-order valence-corrected chi connectivity index (χ4v) is 1.62. The van der Waals surface area contributed by atoms with Gasteiger partial charge in [-0.15, -0.1) is 11.6 Å². The summed E-state index contributed by atoms with van der Waals surface area (Å²) in [6.07, 6.45) is 2.55. The van der Waals surface area contributed by atoms with E-state index in [9.17, 15) is 4.79 Å². The minimum absolute atomic E-state index is 0.105. The Hall–Kier alpha value is -0.120. The summed E-state index contributed by atoms with van der Waals surface area (Å²) in [7, 11) is 1.65. The number of halogens is 1. The standard InChI is InChI=1S/C11H21ClO3/c1-10(13)11(5-6-12)4-3-7-15-9-8-14-2/h11H,3-9H2,1-2H3. The lowest BCUT2D eigenvalue weighted by Crippen LogP contribution is -2.13. The van der Waals surface area contributed by atoms with Gasteiger partial charge in [-0.2, -0.15) is 0 Å². The lowest BCUT2D eigenvalue weighted by molar-refractivity contribution is -0.121. The number of hydrogen-bond acceptors (Lipinski definition) is 3. The normalized spacial score (nSPS) is 12.7. The van der Waals surface area contributed by atoms with Crippen LogP contribution in [0.25, 0.3) is 0 Å². The number of carbonyl (C=O) groups is 1. The first-order chi connectivity index (χ1) is 7.22. The first kappa shape index (κ1) is 14.9. The van der Waals surface area contributed by atoms with E-state index >= 15 is 0 Å². The van der Waals surface area contributed by atoms with Crippen molar-refractivity contribution in [2.75, 3.05) is 32.8 Å². The largest absolute Gasteiger partial charge is 0.382 e. The van der Waals surface area contributed by atoms with Crippen molar-refractivity contribution >= 4 is 17.4 Å². The average Bonchev–Trinajstić information content (AvgIpc) is 2.21. The van der Waals surface area contributed by atoms with Gasteiger partial charge in [0.2, 0.25) is 0 Å². The second-order valence-electron chi connectivity index (χ2n) is 3.53. The Morgan fingerprint density at radius 1 is 1.27 bits per heavy atom. The van der Waals surface area contributed by atoms with E-state index in [1.54, 1.807) is 14.0 Å². The predicted octanol–water partition coefficient (Wildman–Crippen LogP) is 2.26. The van der Waals surface area contributed by atoms with E-state index in [0.29, 0.717) is 25.7 Å². The predicted molar refractivity (Wildman–Crippen MR) is 61.4 cm³/mol. The number of ether oxygens (including phenoxy) is 2.